The van der Waals surface area contributed by atoms with Crippen molar-refractivity contribution in [3.8, 4) is 5.69 Å². The molecule has 7 nitrogen and oxygen atoms in total. The minimum atomic E-state index is -4.05. The van der Waals surface area contributed by atoms with Gasteiger partial charge in [0.05, 0.1) is 16.8 Å². The van der Waals surface area contributed by atoms with Gasteiger partial charge < -0.3 is 4.57 Å². The van der Waals surface area contributed by atoms with Crippen LogP contribution in [0.3, 0.4) is 0 Å². The molecule has 10 heteroatoms. The number of aromatic nitrogens is 1. The van der Waals surface area contributed by atoms with Gasteiger partial charge in [-0.3, -0.25) is 9.10 Å². The van der Waals surface area contributed by atoms with Crippen LogP contribution < -0.4 is 9.73 Å². The van der Waals surface area contributed by atoms with E-state index in [0.29, 0.717) is 10.7 Å². The summed E-state index contributed by atoms with van der Waals surface area (Å²) in [7, 11) is -4.05. The fourth-order valence-electron chi connectivity index (χ4n) is 3.89. The summed E-state index contributed by atoms with van der Waals surface area (Å²) in [6.07, 6.45) is 1.49. The van der Waals surface area contributed by atoms with Crippen LogP contribution in [0.25, 0.3) is 5.69 Å². The van der Waals surface area contributed by atoms with E-state index in [-0.39, 0.29) is 10.7 Å². The lowest BCUT2D eigenvalue weighted by Crippen LogP contribution is -2.39. The number of para-hydroxylation sites is 1. The number of amides is 1. The van der Waals surface area contributed by atoms with Gasteiger partial charge in [0, 0.05) is 27.7 Å². The van der Waals surface area contributed by atoms with Crippen molar-refractivity contribution in [3.05, 3.63) is 113 Å². The molecule has 0 aliphatic rings. The molecule has 4 aromatic rings. The lowest BCUT2D eigenvalue weighted by Gasteiger charge is -2.23. The number of carbonyl (C=O) groups excluding carboxylic acids is 1. The predicted octanol–water partition coefficient (Wildman–Crippen LogP) is 5.23. The van der Waals surface area contributed by atoms with E-state index in [1.807, 2.05) is 24.5 Å². The molecule has 4 rings (SSSR count). The molecule has 1 N–H and O–H groups in total. The quantitative estimate of drug-likeness (QED) is 0.246. The molecule has 0 atom stereocenters. The molecule has 0 bridgehead atoms. The molecule has 0 aliphatic carbocycles. The highest BCUT2D eigenvalue weighted by atomic mass is 35.5. The topological polar surface area (TPSA) is 83.8 Å². The Hall–Kier alpha value is -3.95. The van der Waals surface area contributed by atoms with E-state index in [1.165, 1.54) is 42.6 Å². The van der Waals surface area contributed by atoms with E-state index in [2.05, 4.69) is 10.5 Å². The van der Waals surface area contributed by atoms with Gasteiger partial charge in [-0.05, 0) is 80.6 Å². The van der Waals surface area contributed by atoms with Crippen LogP contribution in [0.5, 0.6) is 0 Å². The third kappa shape index (κ3) is 5.90. The summed E-state index contributed by atoms with van der Waals surface area (Å²) < 4.78 is 43.0. The minimum absolute atomic E-state index is 0.00490. The number of nitrogens with one attached hydrogen (secondary N) is 1. The Kier molecular flexibility index (Phi) is 7.75. The average Bonchev–Trinajstić information content (AvgIpc) is 3.16. The summed E-state index contributed by atoms with van der Waals surface area (Å²) in [5, 5.41) is 4.44. The number of halogens is 2. The summed E-state index contributed by atoms with van der Waals surface area (Å²) in [4.78, 5) is 12.8. The SMILES string of the molecule is Cc1cc(/C=N\NC(=O)CN(c2ccccc2)S(=O)(=O)c2ccc(Cl)cc2)c(C)n1-c1ccc(F)cc1. The Labute approximate surface area is 219 Å². The summed E-state index contributed by atoms with van der Waals surface area (Å²) in [6, 6.07) is 22.1. The molecule has 0 fully saturated rings. The first-order valence-electron chi connectivity index (χ1n) is 11.3. The van der Waals surface area contributed by atoms with E-state index in [1.54, 1.807) is 42.5 Å². The van der Waals surface area contributed by atoms with Gasteiger partial charge in [0.15, 0.2) is 0 Å². The molecule has 3 aromatic carbocycles. The van der Waals surface area contributed by atoms with Crippen molar-refractivity contribution in [2.45, 2.75) is 18.7 Å². The molecule has 0 saturated carbocycles. The third-order valence-corrected chi connectivity index (χ3v) is 7.72. The first-order valence-corrected chi connectivity index (χ1v) is 13.1. The van der Waals surface area contributed by atoms with E-state index in [0.717, 1.165) is 26.9 Å². The van der Waals surface area contributed by atoms with Gasteiger partial charge >= 0.3 is 0 Å². The fraction of sp³-hybridized carbons (Fsp3) is 0.111. The highest BCUT2D eigenvalue weighted by molar-refractivity contribution is 7.92. The number of aryl methyl sites for hydroxylation is 1. The van der Waals surface area contributed by atoms with Crippen LogP contribution in [0.15, 0.2) is 94.9 Å². The van der Waals surface area contributed by atoms with Crippen LogP contribution in [-0.4, -0.2) is 31.7 Å². The van der Waals surface area contributed by atoms with E-state index < -0.39 is 22.5 Å². The minimum Gasteiger partial charge on any atom is -0.318 e. The molecular formula is C27H24ClFN4O3S. The Bertz CT molecular complexity index is 1540. The zero-order valence-electron chi connectivity index (χ0n) is 20.1. The lowest BCUT2D eigenvalue weighted by atomic mass is 10.2. The summed E-state index contributed by atoms with van der Waals surface area (Å²) in [5.74, 6) is -0.941. The van der Waals surface area contributed by atoms with Gasteiger partial charge in [-0.2, -0.15) is 5.10 Å². The molecule has 0 saturated heterocycles. The molecule has 1 heterocycles. The van der Waals surface area contributed by atoms with Crippen LogP contribution in [-0.2, 0) is 14.8 Å². The van der Waals surface area contributed by atoms with Crippen molar-refractivity contribution in [3.63, 3.8) is 0 Å². The van der Waals surface area contributed by atoms with E-state index in [4.69, 9.17) is 11.6 Å². The fourth-order valence-corrected chi connectivity index (χ4v) is 5.44. The zero-order valence-corrected chi connectivity index (χ0v) is 21.7. The second-order valence-corrected chi connectivity index (χ2v) is 10.5. The van der Waals surface area contributed by atoms with Gasteiger partial charge in [-0.15, -0.1) is 0 Å². The first kappa shape index (κ1) is 26.1. The maximum Gasteiger partial charge on any atom is 0.264 e. The molecule has 0 unspecified atom stereocenters. The normalized spacial score (nSPS) is 11.6. The van der Waals surface area contributed by atoms with Crippen molar-refractivity contribution < 1.29 is 17.6 Å². The Morgan fingerprint density at radius 1 is 1.03 bits per heavy atom. The number of sulfonamides is 1. The number of benzene rings is 3. The van der Waals surface area contributed by atoms with E-state index >= 15 is 0 Å². The van der Waals surface area contributed by atoms with Gasteiger partial charge in [-0.25, -0.2) is 18.2 Å². The third-order valence-electron chi connectivity index (χ3n) is 5.68. The van der Waals surface area contributed by atoms with Crippen LogP contribution in [0, 0.1) is 19.7 Å². The van der Waals surface area contributed by atoms with Gasteiger partial charge in [0.2, 0.25) is 0 Å². The largest absolute Gasteiger partial charge is 0.318 e. The van der Waals surface area contributed by atoms with Gasteiger partial charge in [-0.1, -0.05) is 29.8 Å². The molecule has 190 valence electrons. The predicted molar refractivity (Wildman–Crippen MR) is 143 cm³/mol. The van der Waals surface area contributed by atoms with Crippen molar-refractivity contribution >= 4 is 39.4 Å². The molecule has 1 aromatic heterocycles. The van der Waals surface area contributed by atoms with Gasteiger partial charge in [0.25, 0.3) is 15.9 Å². The number of nitrogens with zero attached hydrogens (tertiary/aromatic N) is 3. The monoisotopic (exact) mass is 538 g/mol. The Balaban J connectivity index is 1.53. The number of hydrazone groups is 1. The van der Waals surface area contributed by atoms with Crippen molar-refractivity contribution in [1.29, 1.82) is 0 Å². The Morgan fingerprint density at radius 2 is 1.68 bits per heavy atom. The molecule has 1 amide bonds. The Morgan fingerprint density at radius 3 is 2.32 bits per heavy atom. The zero-order chi connectivity index (χ0) is 26.6. The highest BCUT2D eigenvalue weighted by Crippen LogP contribution is 2.24. The summed E-state index contributed by atoms with van der Waals surface area (Å²) in [5.41, 5.74) is 6.04. The van der Waals surface area contributed by atoms with Crippen LogP contribution in [0.4, 0.5) is 10.1 Å². The van der Waals surface area contributed by atoms with E-state index in [9.17, 15) is 17.6 Å². The second-order valence-electron chi connectivity index (χ2n) is 8.23. The molecule has 0 radical (unpaired) electrons. The number of rotatable bonds is 8. The molecule has 37 heavy (non-hydrogen) atoms. The van der Waals surface area contributed by atoms with Crippen molar-refractivity contribution in [2.24, 2.45) is 5.10 Å². The number of hydrogen-bond donors (Lipinski definition) is 1. The number of carbonyl (C=O) groups is 1. The maximum atomic E-state index is 13.4. The standard InChI is InChI=1S/C27H24ClFN4O3S/c1-19-16-21(20(2)33(19)25-12-10-23(29)11-13-25)17-30-31-27(34)18-32(24-6-4-3-5-7-24)37(35,36)26-14-8-22(28)9-15-26/h3-17H,18H2,1-2H3,(H,31,34)/b30-17-. The van der Waals surface area contributed by atoms with Crippen molar-refractivity contribution in [1.82, 2.24) is 9.99 Å². The first-order chi connectivity index (χ1) is 17.7. The van der Waals surface area contributed by atoms with Gasteiger partial charge in [0.1, 0.15) is 12.4 Å². The smallest absolute Gasteiger partial charge is 0.264 e. The molecule has 0 spiro atoms. The van der Waals surface area contributed by atoms with Crippen LogP contribution in [0.1, 0.15) is 17.0 Å². The maximum absolute atomic E-state index is 13.4. The molecule has 0 aliphatic heterocycles. The number of anilines is 1. The molecular weight excluding hydrogens is 515 g/mol. The number of hydrogen-bond acceptors (Lipinski definition) is 4. The lowest BCUT2D eigenvalue weighted by molar-refractivity contribution is -0.119. The second kappa shape index (κ2) is 11.0. The average molecular weight is 539 g/mol. The highest BCUT2D eigenvalue weighted by Gasteiger charge is 2.27. The van der Waals surface area contributed by atoms with Crippen LogP contribution in [0.2, 0.25) is 5.02 Å². The summed E-state index contributed by atoms with van der Waals surface area (Å²) >= 11 is 5.91. The summed E-state index contributed by atoms with van der Waals surface area (Å²) in [6.45, 7) is 3.31. The van der Waals surface area contributed by atoms with Crippen molar-refractivity contribution in [2.75, 3.05) is 10.8 Å². The van der Waals surface area contributed by atoms with Crippen LogP contribution >= 0.6 is 11.6 Å².